The van der Waals surface area contributed by atoms with Crippen molar-refractivity contribution in [2.75, 3.05) is 25.0 Å². The van der Waals surface area contributed by atoms with Gasteiger partial charge >= 0.3 is 6.09 Å². The number of pyridine rings is 1. The maximum absolute atomic E-state index is 13.5. The van der Waals surface area contributed by atoms with E-state index in [4.69, 9.17) is 4.74 Å². The number of alkyl carbamates (subject to hydrolysis) is 1. The van der Waals surface area contributed by atoms with Crippen molar-refractivity contribution in [2.24, 2.45) is 0 Å². The Morgan fingerprint density at radius 1 is 1.11 bits per heavy atom. The molecule has 0 spiro atoms. The Bertz CT molecular complexity index is 1070. The zero-order chi connectivity index (χ0) is 25.4. The molecular formula is C28H38N4O3. The maximum Gasteiger partial charge on any atom is 0.408 e. The van der Waals surface area contributed by atoms with Crippen LogP contribution in [0.5, 0.6) is 0 Å². The number of hydrogen-bond acceptors (Lipinski definition) is 5. The molecular weight excluding hydrogens is 440 g/mol. The zero-order valence-corrected chi connectivity index (χ0v) is 21.8. The molecule has 1 saturated heterocycles. The van der Waals surface area contributed by atoms with Gasteiger partial charge in [-0.2, -0.15) is 0 Å². The summed E-state index contributed by atoms with van der Waals surface area (Å²) in [5, 5.41) is 3.03. The average molecular weight is 479 g/mol. The van der Waals surface area contributed by atoms with Gasteiger partial charge in [0.25, 0.3) is 5.91 Å². The van der Waals surface area contributed by atoms with Gasteiger partial charge in [0.05, 0.1) is 6.04 Å². The summed E-state index contributed by atoms with van der Waals surface area (Å²) >= 11 is 0. The molecule has 2 aliphatic rings. The van der Waals surface area contributed by atoms with Crippen molar-refractivity contribution >= 4 is 17.7 Å². The topological polar surface area (TPSA) is 74.8 Å². The van der Waals surface area contributed by atoms with Crippen LogP contribution in [0.3, 0.4) is 0 Å². The fraction of sp³-hybridized carbons (Fsp3) is 0.536. The molecule has 1 aromatic carbocycles. The molecule has 1 atom stereocenters. The predicted octanol–water partition coefficient (Wildman–Crippen LogP) is 5.07. The molecule has 2 aromatic rings. The molecule has 7 nitrogen and oxygen atoms in total. The molecule has 1 aliphatic carbocycles. The normalized spacial score (nSPS) is 19.7. The van der Waals surface area contributed by atoms with Gasteiger partial charge in [0.1, 0.15) is 5.60 Å². The Labute approximate surface area is 208 Å². The van der Waals surface area contributed by atoms with Crippen molar-refractivity contribution < 1.29 is 14.3 Å². The van der Waals surface area contributed by atoms with Crippen LogP contribution in [0.1, 0.15) is 81.4 Å². The number of ether oxygens (including phenoxy) is 1. The number of piperidine rings is 1. The highest BCUT2D eigenvalue weighted by molar-refractivity contribution is 5.94. The van der Waals surface area contributed by atoms with Gasteiger partial charge in [0, 0.05) is 49.8 Å². The van der Waals surface area contributed by atoms with E-state index >= 15 is 0 Å². The van der Waals surface area contributed by atoms with E-state index in [1.54, 1.807) is 0 Å². The maximum atomic E-state index is 13.5. The predicted molar refractivity (Wildman–Crippen MR) is 138 cm³/mol. The third-order valence-electron chi connectivity index (χ3n) is 7.17. The van der Waals surface area contributed by atoms with Crippen molar-refractivity contribution in [3.05, 3.63) is 59.4 Å². The van der Waals surface area contributed by atoms with E-state index in [0.29, 0.717) is 5.56 Å². The first-order valence-electron chi connectivity index (χ1n) is 12.5. The van der Waals surface area contributed by atoms with Crippen LogP contribution in [-0.4, -0.2) is 53.7 Å². The van der Waals surface area contributed by atoms with E-state index in [1.165, 1.54) is 11.3 Å². The quantitative estimate of drug-likeness (QED) is 0.664. The molecule has 1 fully saturated rings. The first-order valence-corrected chi connectivity index (χ1v) is 12.5. The number of hydrogen-bond donors (Lipinski definition) is 1. The van der Waals surface area contributed by atoms with Gasteiger partial charge in [-0.3, -0.25) is 9.78 Å². The minimum Gasteiger partial charge on any atom is -0.444 e. The zero-order valence-electron chi connectivity index (χ0n) is 21.8. The van der Waals surface area contributed by atoms with Crippen molar-refractivity contribution in [2.45, 2.75) is 77.0 Å². The first-order chi connectivity index (χ1) is 16.4. The van der Waals surface area contributed by atoms with Gasteiger partial charge in [0.15, 0.2) is 0 Å². The molecule has 0 bridgehead atoms. The second-order valence-electron chi connectivity index (χ2n) is 11.4. The second-order valence-corrected chi connectivity index (χ2v) is 11.4. The summed E-state index contributed by atoms with van der Waals surface area (Å²) in [6.07, 6.45) is 5.81. The van der Waals surface area contributed by atoms with Crippen molar-refractivity contribution in [3.8, 4) is 0 Å². The van der Waals surface area contributed by atoms with Crippen molar-refractivity contribution in [3.63, 3.8) is 0 Å². The largest absolute Gasteiger partial charge is 0.444 e. The second kappa shape index (κ2) is 9.51. The molecule has 1 unspecified atom stereocenters. The molecule has 188 valence electrons. The number of amides is 2. The number of carbonyl (C=O) groups excluding carboxylic acids is 2. The van der Waals surface area contributed by atoms with Gasteiger partial charge in [-0.05, 0) is 80.8 Å². The van der Waals surface area contributed by atoms with Crippen molar-refractivity contribution in [1.82, 2.24) is 15.2 Å². The molecule has 4 rings (SSSR count). The lowest BCUT2D eigenvalue weighted by Crippen LogP contribution is -2.45. The molecule has 1 aliphatic heterocycles. The third-order valence-corrected chi connectivity index (χ3v) is 7.17. The average Bonchev–Trinajstić information content (AvgIpc) is 3.06. The minimum absolute atomic E-state index is 0.0240. The van der Waals surface area contributed by atoms with Gasteiger partial charge in [-0.15, -0.1) is 0 Å². The van der Waals surface area contributed by atoms with Crippen LogP contribution >= 0.6 is 0 Å². The van der Waals surface area contributed by atoms with Gasteiger partial charge in [0.2, 0.25) is 0 Å². The van der Waals surface area contributed by atoms with E-state index in [9.17, 15) is 9.59 Å². The number of aromatic nitrogens is 1. The van der Waals surface area contributed by atoms with E-state index in [-0.39, 0.29) is 23.4 Å². The van der Waals surface area contributed by atoms with Gasteiger partial charge < -0.3 is 19.9 Å². The summed E-state index contributed by atoms with van der Waals surface area (Å²) in [6.45, 7) is 11.7. The molecule has 0 saturated carbocycles. The number of anilines is 1. The van der Waals surface area contributed by atoms with Crippen molar-refractivity contribution in [1.29, 1.82) is 0 Å². The molecule has 1 N–H and O–H groups in total. The van der Waals surface area contributed by atoms with Crippen LogP contribution in [0.2, 0.25) is 0 Å². The highest BCUT2D eigenvalue weighted by atomic mass is 16.6. The molecule has 1 aromatic heterocycles. The number of benzene rings is 1. The van der Waals surface area contributed by atoms with Crippen LogP contribution in [0, 0.1) is 0 Å². The summed E-state index contributed by atoms with van der Waals surface area (Å²) < 4.78 is 5.49. The van der Waals surface area contributed by atoms with Gasteiger partial charge in [-0.25, -0.2) is 4.79 Å². The van der Waals surface area contributed by atoms with Crippen LogP contribution in [0.25, 0.3) is 0 Å². The Balaban J connectivity index is 1.46. The lowest BCUT2D eigenvalue weighted by atomic mass is 9.86. The van der Waals surface area contributed by atoms with Gasteiger partial charge in [-0.1, -0.05) is 19.9 Å². The minimum atomic E-state index is -0.561. The Morgan fingerprint density at radius 2 is 1.77 bits per heavy atom. The summed E-state index contributed by atoms with van der Waals surface area (Å²) in [5.41, 5.74) is 3.36. The third kappa shape index (κ3) is 5.60. The van der Waals surface area contributed by atoms with Crippen LogP contribution in [0.4, 0.5) is 10.5 Å². The fourth-order valence-electron chi connectivity index (χ4n) is 5.34. The SMILES string of the molecule is CN(C(=O)c1ccc2c(c1)C(NC(=O)OC(C)(C)C)CC2(C)C)C1CCN(c2ccncc2)CC1. The van der Waals surface area contributed by atoms with Crippen LogP contribution in [0.15, 0.2) is 42.7 Å². The van der Waals surface area contributed by atoms with Crippen LogP contribution < -0.4 is 10.2 Å². The fourth-order valence-corrected chi connectivity index (χ4v) is 5.34. The van der Waals surface area contributed by atoms with Crippen LogP contribution in [-0.2, 0) is 10.2 Å². The van der Waals surface area contributed by atoms with E-state index < -0.39 is 11.7 Å². The van der Waals surface area contributed by atoms with E-state index in [1.807, 2.05) is 69.4 Å². The number of carbonyl (C=O) groups is 2. The first kappa shape index (κ1) is 25.0. The Kier molecular flexibility index (Phi) is 6.80. The molecule has 0 radical (unpaired) electrons. The molecule has 7 heteroatoms. The smallest absolute Gasteiger partial charge is 0.408 e. The number of nitrogens with one attached hydrogen (secondary N) is 1. The Hall–Kier alpha value is -3.09. The highest BCUT2D eigenvalue weighted by Crippen LogP contribution is 2.45. The van der Waals surface area contributed by atoms with E-state index in [2.05, 4.69) is 35.1 Å². The summed E-state index contributed by atoms with van der Waals surface area (Å²) in [5.74, 6) is 0.0240. The number of fused-ring (bicyclic) bond motifs is 1. The number of nitrogens with zero attached hydrogens (tertiary/aromatic N) is 3. The summed E-state index contributed by atoms with van der Waals surface area (Å²) in [7, 11) is 1.91. The summed E-state index contributed by atoms with van der Waals surface area (Å²) in [6, 6.07) is 10.0. The lowest BCUT2D eigenvalue weighted by molar-refractivity contribution is 0.0500. The monoisotopic (exact) mass is 478 g/mol. The highest BCUT2D eigenvalue weighted by Gasteiger charge is 2.39. The molecule has 35 heavy (non-hydrogen) atoms. The lowest BCUT2D eigenvalue weighted by Gasteiger charge is -2.38. The standard InChI is InChI=1S/C28H38N4O3/c1-27(2,3)35-26(34)30-24-18-28(4,5)23-8-7-19(17-22(23)24)25(33)31(6)20-11-15-32(16-12-20)21-9-13-29-14-10-21/h7-10,13-14,17,20,24H,11-12,15-16,18H2,1-6H3,(H,30,34). The molecule has 2 heterocycles. The molecule has 2 amide bonds. The Morgan fingerprint density at radius 3 is 2.40 bits per heavy atom. The van der Waals surface area contributed by atoms with E-state index in [0.717, 1.165) is 37.9 Å². The number of rotatable bonds is 4. The summed E-state index contributed by atoms with van der Waals surface area (Å²) in [4.78, 5) is 34.3.